The number of carbonyl (C=O) groups is 2. The molecule has 0 unspecified atom stereocenters. The molecule has 0 saturated carbocycles. The van der Waals surface area contributed by atoms with E-state index >= 15 is 0 Å². The number of para-hydroxylation sites is 2. The van der Waals surface area contributed by atoms with E-state index in [1.807, 2.05) is 92.4 Å². The first kappa shape index (κ1) is 22.3. The number of anilines is 1. The van der Waals surface area contributed by atoms with Crippen molar-refractivity contribution in [1.82, 2.24) is 4.90 Å². The van der Waals surface area contributed by atoms with Crippen LogP contribution in [-0.2, 0) is 16.1 Å². The first-order valence-electron chi connectivity index (χ1n) is 11.3. The van der Waals surface area contributed by atoms with E-state index in [2.05, 4.69) is 0 Å². The minimum Gasteiger partial charge on any atom is -0.492 e. The van der Waals surface area contributed by atoms with Gasteiger partial charge in [-0.15, -0.1) is 0 Å². The number of hydrogen-bond donors (Lipinski definition) is 0. The minimum absolute atomic E-state index is 0.333. The number of imide groups is 1. The second-order valence-electron chi connectivity index (χ2n) is 7.94. The van der Waals surface area contributed by atoms with Crippen molar-refractivity contribution in [3.8, 4) is 5.75 Å². The summed E-state index contributed by atoms with van der Waals surface area (Å²) >= 11 is 0. The zero-order chi connectivity index (χ0) is 23.4. The molecule has 3 aromatic carbocycles. The predicted octanol–water partition coefficient (Wildman–Crippen LogP) is 5.20. The summed E-state index contributed by atoms with van der Waals surface area (Å²) in [7, 11) is 0. The van der Waals surface area contributed by atoms with E-state index < -0.39 is 0 Å². The number of ether oxygens (including phenoxy) is 1. The van der Waals surface area contributed by atoms with Gasteiger partial charge in [0.05, 0.1) is 17.9 Å². The summed E-state index contributed by atoms with van der Waals surface area (Å²) in [5.74, 6) is -0.157. The normalized spacial score (nSPS) is 13.6. The maximum atomic E-state index is 13.9. The topological polar surface area (TPSA) is 49.9 Å². The largest absolute Gasteiger partial charge is 0.492 e. The van der Waals surface area contributed by atoms with E-state index in [0.717, 1.165) is 16.7 Å². The Morgan fingerprint density at radius 2 is 1.48 bits per heavy atom. The number of rotatable bonds is 8. The van der Waals surface area contributed by atoms with E-state index in [-0.39, 0.29) is 11.8 Å². The quantitative estimate of drug-likeness (QED) is 0.452. The highest BCUT2D eigenvalue weighted by Gasteiger charge is 2.43. The molecule has 0 aromatic heterocycles. The van der Waals surface area contributed by atoms with Crippen LogP contribution in [0.4, 0.5) is 5.69 Å². The molecule has 1 aliphatic heterocycles. The minimum atomic E-state index is -0.336. The van der Waals surface area contributed by atoms with Gasteiger partial charge in [-0.3, -0.25) is 9.59 Å². The molecule has 2 amide bonds. The van der Waals surface area contributed by atoms with Gasteiger partial charge in [0.15, 0.2) is 0 Å². The van der Waals surface area contributed by atoms with Crippen molar-refractivity contribution in [2.45, 2.75) is 27.3 Å². The molecular formula is C28H28N2O3. The Balaban J connectivity index is 1.84. The molecule has 0 bridgehead atoms. The van der Waals surface area contributed by atoms with Crippen molar-refractivity contribution in [1.29, 1.82) is 0 Å². The smallest absolute Gasteiger partial charge is 0.282 e. The number of amides is 2. The molecular weight excluding hydrogens is 412 g/mol. The molecule has 0 spiro atoms. The Morgan fingerprint density at radius 1 is 0.818 bits per heavy atom. The summed E-state index contributed by atoms with van der Waals surface area (Å²) < 4.78 is 5.74. The average Bonchev–Trinajstić information content (AvgIpc) is 3.09. The van der Waals surface area contributed by atoms with Crippen LogP contribution in [-0.4, -0.2) is 29.9 Å². The number of nitrogens with zero attached hydrogens (tertiary/aromatic N) is 2. The number of hydrogen-bond acceptors (Lipinski definition) is 4. The summed E-state index contributed by atoms with van der Waals surface area (Å²) in [5.41, 5.74) is 4.20. The SMILES string of the molecule is CCOc1ccccc1N1C(=O)C(c2ccc(C)cc2)=C(N(CC)Cc2ccccc2)C1=O. The van der Waals surface area contributed by atoms with Gasteiger partial charge in [0.25, 0.3) is 11.8 Å². The first-order chi connectivity index (χ1) is 16.0. The fourth-order valence-electron chi connectivity index (χ4n) is 4.08. The Morgan fingerprint density at radius 3 is 2.15 bits per heavy atom. The molecule has 0 saturated heterocycles. The molecule has 1 heterocycles. The molecule has 0 N–H and O–H groups in total. The Kier molecular flexibility index (Phi) is 6.59. The number of aryl methyl sites for hydroxylation is 1. The van der Waals surface area contributed by atoms with Gasteiger partial charge < -0.3 is 9.64 Å². The lowest BCUT2D eigenvalue weighted by Gasteiger charge is -2.25. The van der Waals surface area contributed by atoms with Crippen molar-refractivity contribution in [3.05, 3.63) is 101 Å². The number of benzene rings is 3. The van der Waals surface area contributed by atoms with Gasteiger partial charge in [-0.1, -0.05) is 72.3 Å². The Bertz CT molecular complexity index is 1180. The van der Waals surface area contributed by atoms with E-state index in [1.165, 1.54) is 4.90 Å². The zero-order valence-corrected chi connectivity index (χ0v) is 19.2. The van der Waals surface area contributed by atoms with Crippen LogP contribution >= 0.6 is 0 Å². The molecule has 5 nitrogen and oxygen atoms in total. The van der Waals surface area contributed by atoms with Gasteiger partial charge in [-0.05, 0) is 44.0 Å². The summed E-state index contributed by atoms with van der Waals surface area (Å²) in [5, 5.41) is 0. The van der Waals surface area contributed by atoms with Crippen LogP contribution in [0, 0.1) is 6.92 Å². The van der Waals surface area contributed by atoms with Gasteiger partial charge >= 0.3 is 0 Å². The third-order valence-corrected chi connectivity index (χ3v) is 5.72. The summed E-state index contributed by atoms with van der Waals surface area (Å²) in [6, 6.07) is 24.9. The second-order valence-corrected chi connectivity index (χ2v) is 7.94. The summed E-state index contributed by atoms with van der Waals surface area (Å²) in [6.45, 7) is 7.43. The highest BCUT2D eigenvalue weighted by Crippen LogP contribution is 2.39. The molecule has 168 valence electrons. The zero-order valence-electron chi connectivity index (χ0n) is 19.2. The lowest BCUT2D eigenvalue weighted by atomic mass is 10.0. The molecule has 3 aromatic rings. The molecule has 33 heavy (non-hydrogen) atoms. The van der Waals surface area contributed by atoms with Crippen LogP contribution in [0.2, 0.25) is 0 Å². The first-order valence-corrected chi connectivity index (χ1v) is 11.3. The standard InChI is InChI=1S/C28H28N2O3/c1-4-29(19-21-11-7-6-8-12-21)26-25(22-17-15-20(3)16-18-22)27(31)30(28(26)32)23-13-9-10-14-24(23)33-5-2/h6-18H,4-5,19H2,1-3H3. The Hall–Kier alpha value is -3.86. The fraction of sp³-hybridized carbons (Fsp3) is 0.214. The van der Waals surface area contributed by atoms with Crippen LogP contribution in [0.15, 0.2) is 84.6 Å². The van der Waals surface area contributed by atoms with Crippen LogP contribution in [0.5, 0.6) is 5.75 Å². The molecule has 0 fully saturated rings. The van der Waals surface area contributed by atoms with E-state index in [4.69, 9.17) is 4.74 Å². The summed E-state index contributed by atoms with van der Waals surface area (Å²) in [4.78, 5) is 30.9. The average molecular weight is 441 g/mol. The van der Waals surface area contributed by atoms with Crippen LogP contribution < -0.4 is 9.64 Å². The van der Waals surface area contributed by atoms with Gasteiger partial charge in [-0.25, -0.2) is 4.90 Å². The van der Waals surface area contributed by atoms with Crippen molar-refractivity contribution in [2.75, 3.05) is 18.1 Å². The van der Waals surface area contributed by atoms with Crippen LogP contribution in [0.3, 0.4) is 0 Å². The lowest BCUT2D eigenvalue weighted by Crippen LogP contribution is -2.35. The molecule has 1 aliphatic rings. The number of carbonyl (C=O) groups excluding carboxylic acids is 2. The van der Waals surface area contributed by atoms with E-state index in [9.17, 15) is 9.59 Å². The van der Waals surface area contributed by atoms with Gasteiger partial charge in [0.1, 0.15) is 11.4 Å². The predicted molar refractivity (Wildman–Crippen MR) is 131 cm³/mol. The molecule has 0 atom stereocenters. The van der Waals surface area contributed by atoms with Crippen molar-refractivity contribution >= 4 is 23.1 Å². The van der Waals surface area contributed by atoms with Gasteiger partial charge in [0.2, 0.25) is 0 Å². The third kappa shape index (κ3) is 4.40. The molecule has 0 aliphatic carbocycles. The van der Waals surface area contributed by atoms with Gasteiger partial charge in [0, 0.05) is 13.1 Å². The summed E-state index contributed by atoms with van der Waals surface area (Å²) in [6.07, 6.45) is 0. The van der Waals surface area contributed by atoms with E-state index in [1.54, 1.807) is 12.1 Å². The maximum Gasteiger partial charge on any atom is 0.282 e. The van der Waals surface area contributed by atoms with E-state index in [0.29, 0.717) is 42.4 Å². The highest BCUT2D eigenvalue weighted by molar-refractivity contribution is 6.45. The van der Waals surface area contributed by atoms with Crippen molar-refractivity contribution in [3.63, 3.8) is 0 Å². The third-order valence-electron chi connectivity index (χ3n) is 5.72. The molecule has 4 rings (SSSR count). The number of likely N-dealkylation sites (N-methyl/N-ethyl adjacent to an activating group) is 1. The van der Waals surface area contributed by atoms with Crippen molar-refractivity contribution in [2.24, 2.45) is 0 Å². The van der Waals surface area contributed by atoms with Gasteiger partial charge in [-0.2, -0.15) is 0 Å². The van der Waals surface area contributed by atoms with Crippen molar-refractivity contribution < 1.29 is 14.3 Å². The lowest BCUT2D eigenvalue weighted by molar-refractivity contribution is -0.120. The maximum absolute atomic E-state index is 13.9. The highest BCUT2D eigenvalue weighted by atomic mass is 16.5. The van der Waals surface area contributed by atoms with Crippen LogP contribution in [0.1, 0.15) is 30.5 Å². The monoisotopic (exact) mass is 440 g/mol. The Labute approximate surface area is 194 Å². The molecule has 0 radical (unpaired) electrons. The second kappa shape index (κ2) is 9.74. The molecule has 5 heteroatoms. The van der Waals surface area contributed by atoms with Crippen LogP contribution in [0.25, 0.3) is 5.57 Å². The fourth-order valence-corrected chi connectivity index (χ4v) is 4.08.